The summed E-state index contributed by atoms with van der Waals surface area (Å²) in [6.07, 6.45) is 4.70. The highest BCUT2D eigenvalue weighted by atomic mass is 35.5. The number of nitrogens with one attached hydrogen (secondary N) is 1. The van der Waals surface area contributed by atoms with E-state index >= 15 is 0 Å². The van der Waals surface area contributed by atoms with Crippen LogP contribution in [0.2, 0.25) is 5.02 Å². The number of aromatic nitrogens is 3. The van der Waals surface area contributed by atoms with Crippen molar-refractivity contribution in [2.75, 3.05) is 14.1 Å². The maximum Gasteiger partial charge on any atom is 0.233 e. The van der Waals surface area contributed by atoms with Crippen LogP contribution in [-0.4, -0.2) is 51.0 Å². The first kappa shape index (κ1) is 23.1. The minimum absolute atomic E-state index is 0.0617. The fourth-order valence-electron chi connectivity index (χ4n) is 3.73. The molecule has 1 amide bonds. The second-order valence-corrected chi connectivity index (χ2v) is 10.2. The number of halogens is 1. The summed E-state index contributed by atoms with van der Waals surface area (Å²) in [5.41, 5.74) is 0.934. The molecule has 3 rings (SSSR count). The zero-order valence-electron chi connectivity index (χ0n) is 18.4. The minimum Gasteiger partial charge on any atom is -0.352 e. The molecular weight excluding hydrogens is 418 g/mol. The van der Waals surface area contributed by atoms with Crippen molar-refractivity contribution in [3.8, 4) is 5.69 Å². The zero-order valence-corrected chi connectivity index (χ0v) is 20.0. The molecule has 164 valence electrons. The van der Waals surface area contributed by atoms with Gasteiger partial charge in [0.2, 0.25) is 5.91 Å². The summed E-state index contributed by atoms with van der Waals surface area (Å²) in [7, 11) is 4.03. The van der Waals surface area contributed by atoms with Gasteiger partial charge in [-0.25, -0.2) is 0 Å². The summed E-state index contributed by atoms with van der Waals surface area (Å²) in [6.45, 7) is 6.25. The molecule has 6 nitrogen and oxygen atoms in total. The number of hydrogen-bond donors (Lipinski definition) is 1. The second-order valence-electron chi connectivity index (χ2n) is 8.43. The van der Waals surface area contributed by atoms with Crippen molar-refractivity contribution < 1.29 is 4.79 Å². The smallest absolute Gasteiger partial charge is 0.233 e. The van der Waals surface area contributed by atoms with E-state index in [0.29, 0.717) is 16.1 Å². The van der Waals surface area contributed by atoms with Gasteiger partial charge in [-0.15, -0.1) is 10.2 Å². The summed E-state index contributed by atoms with van der Waals surface area (Å²) in [4.78, 5) is 15.0. The molecule has 0 radical (unpaired) electrons. The molecule has 4 unspecified atom stereocenters. The van der Waals surface area contributed by atoms with Crippen molar-refractivity contribution in [2.45, 2.75) is 68.9 Å². The van der Waals surface area contributed by atoms with Crippen LogP contribution in [0.1, 0.15) is 58.3 Å². The number of carbonyl (C=O) groups is 1. The van der Waals surface area contributed by atoms with E-state index < -0.39 is 0 Å². The van der Waals surface area contributed by atoms with Gasteiger partial charge < -0.3 is 5.32 Å². The van der Waals surface area contributed by atoms with Crippen LogP contribution in [0.5, 0.6) is 0 Å². The normalized spacial score (nSPS) is 21.4. The number of amides is 1. The molecule has 8 heteroatoms. The van der Waals surface area contributed by atoms with Crippen LogP contribution < -0.4 is 5.32 Å². The summed E-state index contributed by atoms with van der Waals surface area (Å²) >= 11 is 7.53. The summed E-state index contributed by atoms with van der Waals surface area (Å²) < 4.78 is 2.03. The lowest BCUT2D eigenvalue weighted by atomic mass is 9.86. The van der Waals surface area contributed by atoms with Crippen LogP contribution in [0.15, 0.2) is 29.4 Å². The van der Waals surface area contributed by atoms with Crippen LogP contribution in [0, 0.1) is 5.92 Å². The van der Waals surface area contributed by atoms with Crippen molar-refractivity contribution in [3.63, 3.8) is 0 Å². The Labute approximate surface area is 188 Å². The van der Waals surface area contributed by atoms with Crippen molar-refractivity contribution in [2.24, 2.45) is 5.92 Å². The van der Waals surface area contributed by atoms with Crippen LogP contribution in [0.25, 0.3) is 5.69 Å². The number of nitrogens with zero attached hydrogens (tertiary/aromatic N) is 4. The first-order valence-corrected chi connectivity index (χ1v) is 11.9. The Morgan fingerprint density at radius 1 is 1.20 bits per heavy atom. The molecule has 4 atom stereocenters. The van der Waals surface area contributed by atoms with E-state index in [2.05, 4.69) is 34.3 Å². The number of thioether (sulfide) groups is 1. The predicted octanol–water partition coefficient (Wildman–Crippen LogP) is 4.72. The molecule has 2 aromatic rings. The van der Waals surface area contributed by atoms with Crippen LogP contribution >= 0.6 is 23.4 Å². The standard InChI is InChI=1S/C22H32ClN5OS/c1-14-8-6-7-9-19(14)24-21(29)16(3)30-22-26-25-20(15(2)27(4)5)28(22)18-12-10-17(23)11-13-18/h10-16,19H,6-9H2,1-5H3,(H,24,29). The van der Waals surface area contributed by atoms with Gasteiger partial charge in [-0.05, 0) is 71.0 Å². The van der Waals surface area contributed by atoms with Crippen molar-refractivity contribution in [1.82, 2.24) is 25.0 Å². The SMILES string of the molecule is CC(Sc1nnc(C(C)N(C)C)n1-c1ccc(Cl)cc1)C(=O)NC1CCCCC1C. The van der Waals surface area contributed by atoms with Crippen molar-refractivity contribution >= 4 is 29.3 Å². The molecule has 1 heterocycles. The van der Waals surface area contributed by atoms with E-state index in [1.807, 2.05) is 49.9 Å². The van der Waals surface area contributed by atoms with Crippen LogP contribution in [0.4, 0.5) is 0 Å². The molecule has 0 spiro atoms. The lowest BCUT2D eigenvalue weighted by Gasteiger charge is -2.30. The lowest BCUT2D eigenvalue weighted by Crippen LogP contribution is -2.44. The molecule has 1 aliphatic carbocycles. The van der Waals surface area contributed by atoms with Gasteiger partial charge >= 0.3 is 0 Å². The van der Waals surface area contributed by atoms with Gasteiger partial charge in [0.25, 0.3) is 0 Å². The topological polar surface area (TPSA) is 63.1 Å². The third-order valence-corrected chi connectivity index (χ3v) is 7.28. The van der Waals surface area contributed by atoms with Crippen LogP contribution in [0.3, 0.4) is 0 Å². The van der Waals surface area contributed by atoms with Gasteiger partial charge in [-0.2, -0.15) is 0 Å². The Morgan fingerprint density at radius 2 is 1.87 bits per heavy atom. The molecular formula is C22H32ClN5OS. The van der Waals surface area contributed by atoms with Crippen molar-refractivity contribution in [3.05, 3.63) is 35.1 Å². The van der Waals surface area contributed by atoms with E-state index in [-0.39, 0.29) is 23.2 Å². The third-order valence-electron chi connectivity index (χ3n) is 5.98. The molecule has 1 aromatic carbocycles. The van der Waals surface area contributed by atoms with E-state index in [4.69, 9.17) is 11.6 Å². The number of rotatable bonds is 7. The minimum atomic E-state index is -0.267. The fourth-order valence-corrected chi connectivity index (χ4v) is 4.74. The average Bonchev–Trinajstić information content (AvgIpc) is 3.12. The van der Waals surface area contributed by atoms with Gasteiger partial charge in [0.1, 0.15) is 0 Å². The Hall–Kier alpha value is -1.57. The molecule has 1 aromatic heterocycles. The van der Waals surface area contributed by atoms with Gasteiger partial charge in [0.15, 0.2) is 11.0 Å². The highest BCUT2D eigenvalue weighted by Crippen LogP contribution is 2.30. The first-order valence-electron chi connectivity index (χ1n) is 10.6. The Kier molecular flexibility index (Phi) is 7.82. The fraction of sp³-hybridized carbons (Fsp3) is 0.591. The summed E-state index contributed by atoms with van der Waals surface area (Å²) in [5, 5.41) is 13.3. The van der Waals surface area contributed by atoms with Crippen LogP contribution in [-0.2, 0) is 4.79 Å². The highest BCUT2D eigenvalue weighted by molar-refractivity contribution is 8.00. The van der Waals surface area contributed by atoms with E-state index in [1.165, 1.54) is 31.0 Å². The number of hydrogen-bond acceptors (Lipinski definition) is 5. The molecule has 0 aliphatic heterocycles. The Balaban J connectivity index is 1.82. The Morgan fingerprint density at radius 3 is 2.50 bits per heavy atom. The molecule has 0 saturated heterocycles. The van der Waals surface area contributed by atoms with Gasteiger partial charge in [0, 0.05) is 16.8 Å². The summed E-state index contributed by atoms with van der Waals surface area (Å²) in [6, 6.07) is 7.96. The number of carbonyl (C=O) groups excluding carboxylic acids is 1. The van der Waals surface area contributed by atoms with Gasteiger partial charge in [-0.3, -0.25) is 14.3 Å². The maximum atomic E-state index is 12.9. The maximum absolute atomic E-state index is 12.9. The van der Waals surface area contributed by atoms with Gasteiger partial charge in [-0.1, -0.05) is 43.1 Å². The second kappa shape index (κ2) is 10.2. The van der Waals surface area contributed by atoms with E-state index in [0.717, 1.165) is 17.9 Å². The monoisotopic (exact) mass is 449 g/mol. The lowest BCUT2D eigenvalue weighted by molar-refractivity contribution is -0.121. The first-order chi connectivity index (χ1) is 14.3. The highest BCUT2D eigenvalue weighted by Gasteiger charge is 2.27. The molecule has 30 heavy (non-hydrogen) atoms. The molecule has 1 saturated carbocycles. The molecule has 1 aliphatic rings. The molecule has 0 bridgehead atoms. The average molecular weight is 450 g/mol. The third kappa shape index (κ3) is 5.37. The van der Waals surface area contributed by atoms with Crippen molar-refractivity contribution in [1.29, 1.82) is 0 Å². The number of benzene rings is 1. The zero-order chi connectivity index (χ0) is 21.8. The largest absolute Gasteiger partial charge is 0.352 e. The Bertz CT molecular complexity index is 854. The summed E-state index contributed by atoms with van der Waals surface area (Å²) in [5.74, 6) is 1.43. The van der Waals surface area contributed by atoms with E-state index in [9.17, 15) is 4.79 Å². The molecule has 1 fully saturated rings. The predicted molar refractivity (Wildman–Crippen MR) is 123 cm³/mol. The quantitative estimate of drug-likeness (QED) is 0.619. The van der Waals surface area contributed by atoms with Gasteiger partial charge in [0.05, 0.1) is 11.3 Å². The van der Waals surface area contributed by atoms with E-state index in [1.54, 1.807) is 0 Å². The molecule has 1 N–H and O–H groups in total.